The number of carbonyl (C=O) groups is 1. The molecule has 0 bridgehead atoms. The molecule has 0 radical (unpaired) electrons. The lowest BCUT2D eigenvalue weighted by Crippen LogP contribution is -2.48. The zero-order valence-electron chi connectivity index (χ0n) is 12.8. The molecule has 3 fully saturated rings. The SMILES string of the molecule is Cl.O=C(CNCC1CC1)NC1CCN(S(=O)(=O)C2CC2)CC1. The van der Waals surface area contributed by atoms with Gasteiger partial charge in [0.05, 0.1) is 11.8 Å². The quantitative estimate of drug-likeness (QED) is 0.699. The molecule has 3 aliphatic rings. The first kappa shape index (κ1) is 18.0. The van der Waals surface area contributed by atoms with Gasteiger partial charge in [0, 0.05) is 19.1 Å². The molecule has 3 rings (SSSR count). The van der Waals surface area contributed by atoms with Crippen molar-refractivity contribution in [2.45, 2.75) is 49.8 Å². The van der Waals surface area contributed by atoms with Crippen LogP contribution in [0.5, 0.6) is 0 Å². The maximum atomic E-state index is 12.1. The van der Waals surface area contributed by atoms with Gasteiger partial charge in [0.15, 0.2) is 0 Å². The lowest BCUT2D eigenvalue weighted by molar-refractivity contribution is -0.121. The third-order valence-corrected chi connectivity index (χ3v) is 6.94. The number of sulfonamides is 1. The van der Waals surface area contributed by atoms with E-state index in [0.717, 1.165) is 38.1 Å². The molecule has 0 aromatic heterocycles. The van der Waals surface area contributed by atoms with Crippen molar-refractivity contribution in [2.24, 2.45) is 5.92 Å². The number of piperidine rings is 1. The number of nitrogens with one attached hydrogen (secondary N) is 2. The molecule has 0 spiro atoms. The van der Waals surface area contributed by atoms with Gasteiger partial charge in [-0.3, -0.25) is 4.79 Å². The number of carbonyl (C=O) groups excluding carboxylic acids is 1. The van der Waals surface area contributed by atoms with Crippen LogP contribution in [0.25, 0.3) is 0 Å². The third kappa shape index (κ3) is 4.81. The minimum Gasteiger partial charge on any atom is -0.352 e. The van der Waals surface area contributed by atoms with Crippen LogP contribution in [0.4, 0.5) is 0 Å². The molecule has 2 aliphatic carbocycles. The van der Waals surface area contributed by atoms with E-state index in [4.69, 9.17) is 0 Å². The average molecular weight is 352 g/mol. The van der Waals surface area contributed by atoms with Crippen LogP contribution in [-0.2, 0) is 14.8 Å². The van der Waals surface area contributed by atoms with Crippen molar-refractivity contribution in [3.05, 3.63) is 0 Å². The van der Waals surface area contributed by atoms with Crippen molar-refractivity contribution < 1.29 is 13.2 Å². The summed E-state index contributed by atoms with van der Waals surface area (Å²) in [7, 11) is -3.05. The average Bonchev–Trinajstić information content (AvgIpc) is 3.31. The van der Waals surface area contributed by atoms with Gasteiger partial charge in [-0.1, -0.05) is 0 Å². The number of rotatable bonds is 7. The monoisotopic (exact) mass is 351 g/mol. The minimum absolute atomic E-state index is 0. The number of hydrogen-bond donors (Lipinski definition) is 2. The summed E-state index contributed by atoms with van der Waals surface area (Å²) < 4.78 is 25.8. The molecule has 2 saturated carbocycles. The van der Waals surface area contributed by atoms with Crippen molar-refractivity contribution in [3.63, 3.8) is 0 Å². The van der Waals surface area contributed by atoms with Gasteiger partial charge in [-0.25, -0.2) is 12.7 Å². The summed E-state index contributed by atoms with van der Waals surface area (Å²) in [5.41, 5.74) is 0. The molecule has 128 valence electrons. The van der Waals surface area contributed by atoms with E-state index < -0.39 is 10.0 Å². The lowest BCUT2D eigenvalue weighted by atomic mass is 10.1. The molecular weight excluding hydrogens is 326 g/mol. The highest BCUT2D eigenvalue weighted by Gasteiger charge is 2.41. The van der Waals surface area contributed by atoms with Crippen molar-refractivity contribution in [3.8, 4) is 0 Å². The van der Waals surface area contributed by atoms with Gasteiger partial charge in [0.2, 0.25) is 15.9 Å². The topological polar surface area (TPSA) is 78.5 Å². The molecule has 8 heteroatoms. The van der Waals surface area contributed by atoms with E-state index in [1.165, 1.54) is 12.8 Å². The van der Waals surface area contributed by atoms with E-state index in [2.05, 4.69) is 10.6 Å². The van der Waals surface area contributed by atoms with Gasteiger partial charge < -0.3 is 10.6 Å². The maximum Gasteiger partial charge on any atom is 0.234 e. The van der Waals surface area contributed by atoms with Gasteiger partial charge in [0.1, 0.15) is 0 Å². The molecule has 1 aliphatic heterocycles. The first-order valence-corrected chi connectivity index (χ1v) is 9.55. The fourth-order valence-electron chi connectivity index (χ4n) is 2.82. The van der Waals surface area contributed by atoms with Gasteiger partial charge in [-0.2, -0.15) is 0 Å². The molecular formula is C14H26ClN3O3S. The van der Waals surface area contributed by atoms with E-state index in [0.29, 0.717) is 19.6 Å². The van der Waals surface area contributed by atoms with E-state index in [-0.39, 0.29) is 29.6 Å². The van der Waals surface area contributed by atoms with Gasteiger partial charge in [0.25, 0.3) is 0 Å². The fourth-order valence-corrected chi connectivity index (χ4v) is 4.70. The first-order chi connectivity index (χ1) is 10.1. The Bertz CT molecular complexity index is 484. The lowest BCUT2D eigenvalue weighted by Gasteiger charge is -2.31. The molecule has 2 N–H and O–H groups in total. The standard InChI is InChI=1S/C14H25N3O3S.ClH/c18-14(10-15-9-11-1-2-11)16-12-5-7-17(8-6-12)21(19,20)13-3-4-13;/h11-13,15H,1-10H2,(H,16,18);1H. The van der Waals surface area contributed by atoms with Crippen LogP contribution in [-0.4, -0.2) is 56.1 Å². The second-order valence-corrected chi connectivity index (χ2v) is 8.77. The van der Waals surface area contributed by atoms with E-state index in [1.54, 1.807) is 4.31 Å². The van der Waals surface area contributed by atoms with Crippen molar-refractivity contribution >= 4 is 28.3 Å². The Morgan fingerprint density at radius 2 is 1.68 bits per heavy atom. The number of amides is 1. The molecule has 0 aromatic carbocycles. The summed E-state index contributed by atoms with van der Waals surface area (Å²) in [6.45, 7) is 2.39. The molecule has 0 atom stereocenters. The highest BCUT2D eigenvalue weighted by atomic mass is 35.5. The van der Waals surface area contributed by atoms with Crippen LogP contribution in [0.15, 0.2) is 0 Å². The summed E-state index contributed by atoms with van der Waals surface area (Å²) in [6, 6.07) is 0.117. The van der Waals surface area contributed by atoms with Crippen molar-refractivity contribution in [1.29, 1.82) is 0 Å². The Balaban J connectivity index is 0.00000176. The summed E-state index contributed by atoms with van der Waals surface area (Å²) in [5.74, 6) is 0.799. The molecule has 0 unspecified atom stereocenters. The largest absolute Gasteiger partial charge is 0.352 e. The van der Waals surface area contributed by atoms with Crippen LogP contribution < -0.4 is 10.6 Å². The fraction of sp³-hybridized carbons (Fsp3) is 0.929. The maximum absolute atomic E-state index is 12.1. The summed E-state index contributed by atoms with van der Waals surface area (Å²) in [6.07, 6.45) is 5.63. The zero-order chi connectivity index (χ0) is 14.9. The number of hydrogen-bond acceptors (Lipinski definition) is 4. The van der Waals surface area contributed by atoms with Crippen molar-refractivity contribution in [1.82, 2.24) is 14.9 Å². The highest BCUT2D eigenvalue weighted by molar-refractivity contribution is 7.90. The Hall–Kier alpha value is -0.370. The molecule has 1 saturated heterocycles. The Labute approximate surface area is 138 Å². The van der Waals surface area contributed by atoms with Crippen LogP contribution in [0.3, 0.4) is 0 Å². The van der Waals surface area contributed by atoms with Crippen LogP contribution in [0, 0.1) is 5.92 Å². The molecule has 22 heavy (non-hydrogen) atoms. The smallest absolute Gasteiger partial charge is 0.234 e. The Morgan fingerprint density at radius 3 is 2.23 bits per heavy atom. The predicted molar refractivity (Wildman–Crippen MR) is 87.5 cm³/mol. The van der Waals surface area contributed by atoms with Crippen LogP contribution >= 0.6 is 12.4 Å². The summed E-state index contributed by atoms with van der Waals surface area (Å²) in [5, 5.41) is 6.05. The van der Waals surface area contributed by atoms with Gasteiger partial charge in [-0.05, 0) is 51.0 Å². The Morgan fingerprint density at radius 1 is 1.05 bits per heavy atom. The summed E-state index contributed by atoms with van der Waals surface area (Å²) in [4.78, 5) is 11.8. The zero-order valence-corrected chi connectivity index (χ0v) is 14.4. The van der Waals surface area contributed by atoms with Gasteiger partial charge >= 0.3 is 0 Å². The second-order valence-electron chi connectivity index (χ2n) is 6.56. The number of nitrogens with zero attached hydrogens (tertiary/aromatic N) is 1. The minimum atomic E-state index is -3.05. The van der Waals surface area contributed by atoms with Crippen LogP contribution in [0.1, 0.15) is 38.5 Å². The van der Waals surface area contributed by atoms with Crippen molar-refractivity contribution in [2.75, 3.05) is 26.2 Å². The summed E-state index contributed by atoms with van der Waals surface area (Å²) >= 11 is 0. The number of halogens is 1. The first-order valence-electron chi connectivity index (χ1n) is 8.05. The molecule has 1 amide bonds. The molecule has 1 heterocycles. The molecule has 6 nitrogen and oxygen atoms in total. The van der Waals surface area contributed by atoms with E-state index in [9.17, 15) is 13.2 Å². The highest BCUT2D eigenvalue weighted by Crippen LogP contribution is 2.32. The molecule has 0 aromatic rings. The van der Waals surface area contributed by atoms with Crippen LogP contribution in [0.2, 0.25) is 0 Å². The van der Waals surface area contributed by atoms with Gasteiger partial charge in [-0.15, -0.1) is 12.4 Å². The third-order valence-electron chi connectivity index (χ3n) is 4.54. The Kier molecular flexibility index (Phi) is 6.10. The normalized spacial score (nSPS) is 23.8. The second kappa shape index (κ2) is 7.47. The van der Waals surface area contributed by atoms with E-state index in [1.807, 2.05) is 0 Å². The van der Waals surface area contributed by atoms with E-state index >= 15 is 0 Å². The predicted octanol–water partition coefficient (Wildman–Crippen LogP) is 0.481.